The Hall–Kier alpha value is -1.81. The van der Waals surface area contributed by atoms with Crippen LogP contribution < -0.4 is 4.72 Å². The average Bonchev–Trinajstić information content (AvgIpc) is 2.52. The summed E-state index contributed by atoms with van der Waals surface area (Å²) in [5.41, 5.74) is -0.800. The monoisotopic (exact) mass is 450 g/mol. The molecular formula is C17H20Cl2N2O6S. The van der Waals surface area contributed by atoms with E-state index in [1.165, 1.54) is 18.2 Å². The number of nitrogens with zero attached hydrogens (tertiary/aromatic N) is 1. The molecule has 1 amide bonds. The van der Waals surface area contributed by atoms with Crippen molar-refractivity contribution in [1.82, 2.24) is 9.03 Å². The van der Waals surface area contributed by atoms with E-state index in [-0.39, 0.29) is 22.8 Å². The molecule has 0 fully saturated rings. The van der Waals surface area contributed by atoms with E-state index < -0.39 is 33.9 Å². The number of nitrogens with one attached hydrogen (secondary N) is 1. The van der Waals surface area contributed by atoms with Gasteiger partial charge in [0.2, 0.25) is 0 Å². The molecule has 1 N–H and O–H groups in total. The smallest absolute Gasteiger partial charge is 0.429 e. The molecule has 1 aliphatic rings. The highest BCUT2D eigenvalue weighted by molar-refractivity contribution is 7.87. The number of carbonyl (C=O) groups excluding carboxylic acids is 2. The number of ether oxygens (including phenoxy) is 2. The van der Waals surface area contributed by atoms with E-state index in [0.717, 1.165) is 6.20 Å². The Kier molecular flexibility index (Phi) is 6.65. The van der Waals surface area contributed by atoms with Crippen molar-refractivity contribution >= 4 is 45.5 Å². The van der Waals surface area contributed by atoms with Crippen LogP contribution in [0.3, 0.4) is 0 Å². The number of hydrogen-bond acceptors (Lipinski definition) is 6. The summed E-state index contributed by atoms with van der Waals surface area (Å²) in [7, 11) is -4.37. The predicted molar refractivity (Wildman–Crippen MR) is 104 cm³/mol. The summed E-state index contributed by atoms with van der Waals surface area (Å²) in [6, 6.07) is 3.22. The van der Waals surface area contributed by atoms with Crippen LogP contribution in [0.5, 0.6) is 0 Å². The first-order valence-electron chi connectivity index (χ1n) is 8.24. The van der Waals surface area contributed by atoms with Gasteiger partial charge in [-0.1, -0.05) is 29.3 Å². The van der Waals surface area contributed by atoms with Gasteiger partial charge >= 0.3 is 22.3 Å². The lowest BCUT2D eigenvalue weighted by molar-refractivity contribution is -0.139. The number of benzene rings is 1. The van der Waals surface area contributed by atoms with Crippen molar-refractivity contribution in [3.8, 4) is 0 Å². The maximum absolute atomic E-state index is 12.6. The van der Waals surface area contributed by atoms with Crippen LogP contribution in [0.15, 0.2) is 30.0 Å². The summed E-state index contributed by atoms with van der Waals surface area (Å²) in [5.74, 6) is -0.811. The molecular weight excluding hydrogens is 431 g/mol. The van der Waals surface area contributed by atoms with Gasteiger partial charge in [0.05, 0.1) is 18.2 Å². The molecule has 0 saturated carbocycles. The fourth-order valence-corrected chi connectivity index (χ4v) is 4.02. The van der Waals surface area contributed by atoms with E-state index in [4.69, 9.17) is 32.7 Å². The molecule has 1 aliphatic heterocycles. The first-order valence-corrected chi connectivity index (χ1v) is 10.4. The second kappa shape index (κ2) is 8.28. The second-order valence-corrected chi connectivity index (χ2v) is 9.23. The molecule has 28 heavy (non-hydrogen) atoms. The van der Waals surface area contributed by atoms with Crippen molar-refractivity contribution in [2.24, 2.45) is 0 Å². The minimum atomic E-state index is -4.37. The molecule has 154 valence electrons. The summed E-state index contributed by atoms with van der Waals surface area (Å²) in [6.07, 6.45) is -0.282. The van der Waals surface area contributed by atoms with Crippen molar-refractivity contribution < 1.29 is 27.5 Å². The van der Waals surface area contributed by atoms with Crippen molar-refractivity contribution in [3.05, 3.63) is 45.6 Å². The average molecular weight is 451 g/mol. The maximum Gasteiger partial charge on any atom is 0.429 e. The van der Waals surface area contributed by atoms with E-state index in [1.807, 2.05) is 0 Å². The molecule has 0 aliphatic carbocycles. The van der Waals surface area contributed by atoms with Gasteiger partial charge < -0.3 is 9.47 Å². The van der Waals surface area contributed by atoms with Gasteiger partial charge in [-0.25, -0.2) is 9.59 Å². The molecule has 0 aromatic heterocycles. The van der Waals surface area contributed by atoms with Crippen LogP contribution in [0, 0.1) is 0 Å². The third kappa shape index (κ3) is 5.16. The number of rotatable bonds is 3. The van der Waals surface area contributed by atoms with Gasteiger partial charge in [0.15, 0.2) is 0 Å². The topological polar surface area (TPSA) is 102 Å². The molecule has 0 saturated heterocycles. The van der Waals surface area contributed by atoms with Crippen LogP contribution in [-0.4, -0.2) is 37.0 Å². The van der Waals surface area contributed by atoms with Gasteiger partial charge in [0, 0.05) is 16.2 Å². The van der Waals surface area contributed by atoms with E-state index >= 15 is 0 Å². The SMILES string of the molecule is CCOC(=O)C1=CN(C(=O)OC(C)(C)C)S(=O)(=O)NC1c1ccc(Cl)cc1Cl. The Labute approximate surface area is 173 Å². The van der Waals surface area contributed by atoms with Crippen molar-refractivity contribution in [2.75, 3.05) is 6.61 Å². The Morgan fingerprint density at radius 3 is 2.43 bits per heavy atom. The molecule has 1 aromatic carbocycles. The fourth-order valence-electron chi connectivity index (χ4n) is 2.35. The molecule has 0 spiro atoms. The zero-order valence-corrected chi connectivity index (χ0v) is 18.0. The van der Waals surface area contributed by atoms with Crippen molar-refractivity contribution in [1.29, 1.82) is 0 Å². The molecule has 0 bridgehead atoms. The van der Waals surface area contributed by atoms with Crippen LogP contribution in [0.1, 0.15) is 39.3 Å². The summed E-state index contributed by atoms with van der Waals surface area (Å²) < 4.78 is 38.0. The van der Waals surface area contributed by atoms with Gasteiger partial charge in [-0.05, 0) is 45.4 Å². The Morgan fingerprint density at radius 1 is 1.25 bits per heavy atom. The normalized spacial score (nSPS) is 19.0. The third-order valence-corrected chi connectivity index (χ3v) is 5.32. The molecule has 1 unspecified atom stereocenters. The second-order valence-electron chi connectivity index (χ2n) is 6.80. The van der Waals surface area contributed by atoms with Gasteiger partial charge in [-0.3, -0.25) is 0 Å². The lowest BCUT2D eigenvalue weighted by Gasteiger charge is -2.32. The number of esters is 1. The number of halogens is 2. The number of hydrogen-bond donors (Lipinski definition) is 1. The van der Waals surface area contributed by atoms with E-state index in [2.05, 4.69) is 4.72 Å². The number of carbonyl (C=O) groups is 2. The highest BCUT2D eigenvalue weighted by atomic mass is 35.5. The lowest BCUT2D eigenvalue weighted by atomic mass is 10.00. The molecule has 1 atom stereocenters. The van der Waals surface area contributed by atoms with Crippen LogP contribution in [0.2, 0.25) is 10.0 Å². The minimum absolute atomic E-state index is 0.0520. The Morgan fingerprint density at radius 2 is 1.89 bits per heavy atom. The van der Waals surface area contributed by atoms with Gasteiger partial charge in [0.1, 0.15) is 5.60 Å². The lowest BCUT2D eigenvalue weighted by Crippen LogP contribution is -2.49. The quantitative estimate of drug-likeness (QED) is 0.706. The zero-order valence-electron chi connectivity index (χ0n) is 15.7. The van der Waals surface area contributed by atoms with E-state index in [9.17, 15) is 18.0 Å². The van der Waals surface area contributed by atoms with Crippen molar-refractivity contribution in [3.63, 3.8) is 0 Å². The molecule has 1 aromatic rings. The van der Waals surface area contributed by atoms with Gasteiger partial charge in [-0.15, -0.1) is 0 Å². The van der Waals surface area contributed by atoms with Gasteiger partial charge in [0.25, 0.3) is 0 Å². The summed E-state index contributed by atoms with van der Waals surface area (Å²) in [5, 5.41) is 0.477. The largest absolute Gasteiger partial charge is 0.463 e. The highest BCUT2D eigenvalue weighted by Gasteiger charge is 2.41. The maximum atomic E-state index is 12.6. The van der Waals surface area contributed by atoms with E-state index in [1.54, 1.807) is 27.7 Å². The van der Waals surface area contributed by atoms with E-state index in [0.29, 0.717) is 9.33 Å². The third-order valence-electron chi connectivity index (χ3n) is 3.45. The molecule has 11 heteroatoms. The molecule has 8 nitrogen and oxygen atoms in total. The Balaban J connectivity index is 2.57. The molecule has 2 rings (SSSR count). The van der Waals surface area contributed by atoms with Crippen molar-refractivity contribution in [2.45, 2.75) is 39.3 Å². The minimum Gasteiger partial charge on any atom is -0.463 e. The number of amides is 1. The fraction of sp³-hybridized carbons (Fsp3) is 0.412. The van der Waals surface area contributed by atoms with Crippen LogP contribution in [0.25, 0.3) is 0 Å². The molecule has 1 heterocycles. The van der Waals surface area contributed by atoms with Crippen LogP contribution in [-0.2, 0) is 24.5 Å². The first-order chi connectivity index (χ1) is 12.9. The molecule has 0 radical (unpaired) electrons. The van der Waals surface area contributed by atoms with Crippen LogP contribution in [0.4, 0.5) is 4.79 Å². The summed E-state index contributed by atoms with van der Waals surface area (Å²) in [6.45, 7) is 6.40. The summed E-state index contributed by atoms with van der Waals surface area (Å²) in [4.78, 5) is 24.8. The standard InChI is InChI=1S/C17H20Cl2N2O6S/c1-5-26-15(22)12-9-21(16(23)27-17(2,3)4)28(24,25)20-14(12)11-7-6-10(18)8-13(11)19/h6-9,14,20H,5H2,1-4H3. The Bertz CT molecular complexity index is 924. The van der Waals surface area contributed by atoms with Crippen LogP contribution >= 0.6 is 23.2 Å². The highest BCUT2D eigenvalue weighted by Crippen LogP contribution is 2.35. The summed E-state index contributed by atoms with van der Waals surface area (Å²) >= 11 is 12.1. The first kappa shape index (κ1) is 22.5. The predicted octanol–water partition coefficient (Wildman–Crippen LogP) is 3.57. The zero-order chi connectivity index (χ0) is 21.3. The van der Waals surface area contributed by atoms with Gasteiger partial charge in [-0.2, -0.15) is 17.4 Å².